The van der Waals surface area contributed by atoms with E-state index in [0.717, 1.165) is 5.56 Å². The first-order valence-corrected chi connectivity index (χ1v) is 6.92. The Kier molecular flexibility index (Phi) is 5.04. The Morgan fingerprint density at radius 2 is 1.76 bits per heavy atom. The molecule has 0 aliphatic rings. The second-order valence-electron chi connectivity index (χ2n) is 4.90. The average Bonchev–Trinajstić information content (AvgIpc) is 2.49. The first kappa shape index (κ1) is 15.6. The molecule has 112 valence electrons. The van der Waals surface area contributed by atoms with Crippen LogP contribution in [0.2, 0.25) is 0 Å². The molecule has 0 aliphatic carbocycles. The van der Waals surface area contributed by atoms with Crippen molar-refractivity contribution in [3.05, 3.63) is 70.8 Å². The smallest absolute Gasteiger partial charge is 0.133 e. The molecule has 2 nitrogen and oxygen atoms in total. The van der Waals surface area contributed by atoms with Crippen molar-refractivity contribution in [2.24, 2.45) is 5.73 Å². The Bertz CT molecular complexity index is 601. The zero-order chi connectivity index (χ0) is 15.4. The molecule has 21 heavy (non-hydrogen) atoms. The molecule has 0 aliphatic heterocycles. The molecular formula is C17H19F2NO. The van der Waals surface area contributed by atoms with E-state index in [1.807, 2.05) is 37.3 Å². The van der Waals surface area contributed by atoms with Gasteiger partial charge in [-0.25, -0.2) is 8.78 Å². The third-order valence-electron chi connectivity index (χ3n) is 3.45. The lowest BCUT2D eigenvalue weighted by Gasteiger charge is -2.25. The average molecular weight is 291 g/mol. The van der Waals surface area contributed by atoms with E-state index in [4.69, 9.17) is 10.5 Å². The number of benzene rings is 2. The molecule has 0 amide bonds. The summed E-state index contributed by atoms with van der Waals surface area (Å²) in [6.07, 6.45) is -0.595. The quantitative estimate of drug-likeness (QED) is 0.902. The zero-order valence-electron chi connectivity index (χ0n) is 12.1. The number of rotatable bonds is 5. The van der Waals surface area contributed by atoms with Gasteiger partial charge in [-0.2, -0.15) is 0 Å². The van der Waals surface area contributed by atoms with Crippen LogP contribution in [0, 0.1) is 18.6 Å². The van der Waals surface area contributed by atoms with Gasteiger partial charge < -0.3 is 10.5 Å². The molecule has 0 bridgehead atoms. The summed E-state index contributed by atoms with van der Waals surface area (Å²) in [5.74, 6) is -1.26. The van der Waals surface area contributed by atoms with E-state index in [2.05, 4.69) is 0 Å². The maximum absolute atomic E-state index is 14.3. The summed E-state index contributed by atoms with van der Waals surface area (Å²) < 4.78 is 33.9. The highest BCUT2D eigenvalue weighted by Gasteiger charge is 2.27. The molecule has 0 spiro atoms. The van der Waals surface area contributed by atoms with Crippen LogP contribution in [-0.2, 0) is 4.74 Å². The third kappa shape index (κ3) is 3.28. The van der Waals surface area contributed by atoms with E-state index in [1.165, 1.54) is 12.1 Å². The highest BCUT2D eigenvalue weighted by atomic mass is 19.1. The van der Waals surface area contributed by atoms with Gasteiger partial charge in [0.15, 0.2) is 0 Å². The summed E-state index contributed by atoms with van der Waals surface area (Å²) in [4.78, 5) is 0. The maximum atomic E-state index is 14.3. The second kappa shape index (κ2) is 6.78. The first-order chi connectivity index (χ1) is 10.1. The molecule has 0 fully saturated rings. The fourth-order valence-corrected chi connectivity index (χ4v) is 2.36. The minimum atomic E-state index is -0.910. The van der Waals surface area contributed by atoms with Crippen molar-refractivity contribution in [1.29, 1.82) is 0 Å². The molecule has 2 N–H and O–H groups in total. The highest BCUT2D eigenvalue weighted by molar-refractivity contribution is 5.32. The van der Waals surface area contributed by atoms with Crippen LogP contribution in [-0.4, -0.2) is 6.61 Å². The van der Waals surface area contributed by atoms with Gasteiger partial charge in [-0.05, 0) is 31.0 Å². The van der Waals surface area contributed by atoms with Crippen molar-refractivity contribution in [2.75, 3.05) is 6.61 Å². The van der Waals surface area contributed by atoms with Gasteiger partial charge in [0, 0.05) is 12.2 Å². The van der Waals surface area contributed by atoms with Crippen LogP contribution in [0.25, 0.3) is 0 Å². The highest BCUT2D eigenvalue weighted by Crippen LogP contribution is 2.33. The van der Waals surface area contributed by atoms with Gasteiger partial charge in [-0.15, -0.1) is 0 Å². The predicted octanol–water partition coefficient (Wildman–Crippen LogP) is 4.05. The van der Waals surface area contributed by atoms with Crippen molar-refractivity contribution in [3.63, 3.8) is 0 Å². The molecule has 2 atom stereocenters. The van der Waals surface area contributed by atoms with Crippen LogP contribution < -0.4 is 5.73 Å². The van der Waals surface area contributed by atoms with Crippen molar-refractivity contribution in [1.82, 2.24) is 0 Å². The molecule has 0 aromatic heterocycles. The first-order valence-electron chi connectivity index (χ1n) is 6.92. The number of halogens is 2. The van der Waals surface area contributed by atoms with Crippen molar-refractivity contribution in [3.8, 4) is 0 Å². The molecule has 0 heterocycles. The zero-order valence-corrected chi connectivity index (χ0v) is 12.1. The van der Waals surface area contributed by atoms with Gasteiger partial charge in [-0.3, -0.25) is 0 Å². The minimum absolute atomic E-state index is 0.127. The van der Waals surface area contributed by atoms with E-state index in [0.29, 0.717) is 12.2 Å². The lowest BCUT2D eigenvalue weighted by Crippen LogP contribution is -2.25. The van der Waals surface area contributed by atoms with Gasteiger partial charge >= 0.3 is 0 Å². The molecule has 2 rings (SSSR count). The van der Waals surface area contributed by atoms with Gasteiger partial charge in [0.25, 0.3) is 0 Å². The molecule has 2 unspecified atom stereocenters. The summed E-state index contributed by atoms with van der Waals surface area (Å²) in [5.41, 5.74) is 7.16. The van der Waals surface area contributed by atoms with E-state index < -0.39 is 23.8 Å². The fourth-order valence-electron chi connectivity index (χ4n) is 2.36. The van der Waals surface area contributed by atoms with Gasteiger partial charge in [0.05, 0.1) is 6.04 Å². The van der Waals surface area contributed by atoms with E-state index >= 15 is 0 Å². The van der Waals surface area contributed by atoms with Crippen LogP contribution in [0.15, 0.2) is 42.5 Å². The van der Waals surface area contributed by atoms with Crippen molar-refractivity contribution < 1.29 is 13.5 Å². The molecular weight excluding hydrogens is 272 g/mol. The Balaban J connectivity index is 2.44. The summed E-state index contributed by atoms with van der Waals surface area (Å²) in [6, 6.07) is 11.0. The topological polar surface area (TPSA) is 35.2 Å². The summed E-state index contributed by atoms with van der Waals surface area (Å²) >= 11 is 0. The number of nitrogens with two attached hydrogens (primary N) is 1. The van der Waals surface area contributed by atoms with E-state index in [1.54, 1.807) is 6.92 Å². The van der Waals surface area contributed by atoms with Gasteiger partial charge in [0.2, 0.25) is 0 Å². The third-order valence-corrected chi connectivity index (χ3v) is 3.45. The van der Waals surface area contributed by atoms with E-state index in [9.17, 15) is 8.78 Å². The largest absolute Gasteiger partial charge is 0.372 e. The Morgan fingerprint density at radius 1 is 1.10 bits per heavy atom. The number of aryl methyl sites for hydroxylation is 1. The number of hydrogen-bond acceptors (Lipinski definition) is 2. The summed E-state index contributed by atoms with van der Waals surface area (Å²) in [6.45, 7) is 3.82. The molecule has 4 heteroatoms. The molecule has 0 saturated carbocycles. The summed E-state index contributed by atoms with van der Waals surface area (Å²) in [7, 11) is 0. The molecule has 2 aromatic rings. The van der Waals surface area contributed by atoms with Crippen molar-refractivity contribution in [2.45, 2.75) is 26.0 Å². The molecule has 2 aromatic carbocycles. The van der Waals surface area contributed by atoms with Gasteiger partial charge in [-0.1, -0.05) is 36.4 Å². The van der Waals surface area contributed by atoms with E-state index in [-0.39, 0.29) is 5.56 Å². The number of ether oxygens (including phenoxy) is 1. The van der Waals surface area contributed by atoms with Crippen LogP contribution >= 0.6 is 0 Å². The number of hydrogen-bond donors (Lipinski definition) is 1. The monoisotopic (exact) mass is 291 g/mol. The molecule has 0 radical (unpaired) electrons. The lowest BCUT2D eigenvalue weighted by molar-refractivity contribution is 0.0412. The summed E-state index contributed by atoms with van der Waals surface area (Å²) in [5, 5.41) is 0. The van der Waals surface area contributed by atoms with Crippen LogP contribution in [0.5, 0.6) is 0 Å². The second-order valence-corrected chi connectivity index (χ2v) is 4.90. The van der Waals surface area contributed by atoms with Crippen LogP contribution in [0.3, 0.4) is 0 Å². The minimum Gasteiger partial charge on any atom is -0.372 e. The van der Waals surface area contributed by atoms with Crippen molar-refractivity contribution >= 4 is 0 Å². The van der Waals surface area contributed by atoms with Crippen LogP contribution in [0.1, 0.15) is 35.8 Å². The van der Waals surface area contributed by atoms with Gasteiger partial charge in [0.1, 0.15) is 17.7 Å². The van der Waals surface area contributed by atoms with Crippen LogP contribution in [0.4, 0.5) is 8.78 Å². The Hall–Kier alpha value is -1.78. The molecule has 0 saturated heterocycles. The fraction of sp³-hybridized carbons (Fsp3) is 0.294. The normalized spacial score (nSPS) is 14.0. The standard InChI is InChI=1S/C17H19F2NO/c1-3-21-17(12-7-5-4-6-8-12)16(20)14-13(18)10-9-11(2)15(14)19/h4-10,16-17H,3,20H2,1-2H3. The Morgan fingerprint density at radius 3 is 2.38 bits per heavy atom. The Labute approximate surface area is 123 Å². The predicted molar refractivity (Wildman–Crippen MR) is 78.8 cm³/mol. The maximum Gasteiger partial charge on any atom is 0.133 e. The lowest BCUT2D eigenvalue weighted by atomic mass is 9.94. The SMILES string of the molecule is CCOC(c1ccccc1)C(N)c1c(F)ccc(C)c1F.